The van der Waals surface area contributed by atoms with E-state index in [1.807, 2.05) is 58.9 Å². The fourth-order valence-corrected chi connectivity index (χ4v) is 5.38. The molecule has 0 aliphatic rings. The van der Waals surface area contributed by atoms with Gasteiger partial charge < -0.3 is 43.0 Å². The van der Waals surface area contributed by atoms with Crippen LogP contribution in [-0.4, -0.2) is 63.3 Å². The normalized spacial score (nSPS) is 12.9. The largest absolute Gasteiger partial charge is 1.00 e. The molecule has 10 nitrogen and oxygen atoms in total. The maximum absolute atomic E-state index is 12.3. The first-order valence-corrected chi connectivity index (χ1v) is 18.2. The molecule has 2 aromatic rings. The van der Waals surface area contributed by atoms with E-state index in [0.29, 0.717) is 43.4 Å². The monoisotopic (exact) mass is 842 g/mol. The van der Waals surface area contributed by atoms with Crippen LogP contribution in [-0.2, 0) is 14.5 Å². The Labute approximate surface area is 417 Å². The SMILES string of the molecule is CCCC(O)(C#Cc1cccc([C@H](O)[C@H](C)CN)c1)CCC.CCCC(O)(C#Cc1cccc([C@H](O)[C@H](C)CNC(=O)C(F)(F)F)c1)CCC.O=CO[O-].[H-].[K+].[K+]. The van der Waals surface area contributed by atoms with Crippen LogP contribution in [0.2, 0.25) is 0 Å². The number of aliphatic hydroxyl groups is 4. The molecule has 0 aliphatic carbocycles. The number of rotatable bonds is 16. The van der Waals surface area contributed by atoms with Crippen molar-refractivity contribution in [3.05, 3.63) is 70.8 Å². The fourth-order valence-electron chi connectivity index (χ4n) is 5.38. The van der Waals surface area contributed by atoms with Gasteiger partial charge in [-0.15, -0.1) is 0 Å². The molecule has 0 fully saturated rings. The number of nitrogens with two attached hydrogens (primary N) is 1. The quantitative estimate of drug-likeness (QED) is 0.0417. The molecule has 0 aliphatic heterocycles. The van der Waals surface area contributed by atoms with Gasteiger partial charge in [-0.1, -0.05) is 115 Å². The fraction of sp³-hybridized carbons (Fsp3) is 0.561. The Morgan fingerprint density at radius 3 is 1.48 bits per heavy atom. The van der Waals surface area contributed by atoms with Crippen LogP contribution in [0.3, 0.4) is 0 Å². The van der Waals surface area contributed by atoms with Gasteiger partial charge in [0.2, 0.25) is 0 Å². The first-order chi connectivity index (χ1) is 25.4. The molecule has 15 heteroatoms. The Kier molecular flexibility index (Phi) is 34.2. The van der Waals surface area contributed by atoms with Crippen LogP contribution in [0.25, 0.3) is 0 Å². The van der Waals surface area contributed by atoms with Crippen LogP contribution in [0.15, 0.2) is 48.5 Å². The predicted molar refractivity (Wildman–Crippen MR) is 201 cm³/mol. The molecule has 0 aromatic heterocycles. The number of hydrogen-bond donors (Lipinski definition) is 6. The number of alkyl halides is 3. The summed E-state index contributed by atoms with van der Waals surface area (Å²) in [7, 11) is 0. The van der Waals surface area contributed by atoms with E-state index < -0.39 is 41.4 Å². The first kappa shape index (κ1) is 59.6. The van der Waals surface area contributed by atoms with E-state index in [4.69, 9.17) is 15.8 Å². The number of carbonyl (C=O) groups excluding carboxylic acids is 2. The standard InChI is InChI=1S/C21H28F3NO3.C19H29NO2.CH2O3.2K.H/c1-4-10-20(28,11-5-2)12-9-16-7-6-8-17(13-16)18(26)15(3)14-25-19(27)21(22,23)24;1-4-10-19(22,11-5-2)12-9-16-7-6-8-17(13-16)18(21)15(3)14-20;2-1-4-3;;;/h6-8,13,15,18,26,28H,4-5,10-11,14H2,1-3H3,(H,25,27);6-8,13,15,18,21-22H,4-5,10-11,14,20H2,1-3H3;1,3H;;;/q;;;2*+1;-1/p-1/t2*15-,18-;;;;/m11..../s1. The van der Waals surface area contributed by atoms with Crippen LogP contribution in [0.5, 0.6) is 0 Å². The van der Waals surface area contributed by atoms with E-state index in [1.165, 1.54) is 0 Å². The van der Waals surface area contributed by atoms with E-state index in [-0.39, 0.29) is 123 Å². The second-order valence-corrected chi connectivity index (χ2v) is 13.3. The number of benzene rings is 2. The molecule has 2 aromatic carbocycles. The summed E-state index contributed by atoms with van der Waals surface area (Å²) in [5.74, 6) is 9.26. The molecular weight excluding hydrogens is 784 g/mol. The topological polar surface area (TPSA) is 185 Å². The van der Waals surface area contributed by atoms with Crippen LogP contribution < -0.4 is 119 Å². The van der Waals surface area contributed by atoms with Crippen LogP contribution >= 0.6 is 0 Å². The molecule has 1 amide bonds. The van der Waals surface area contributed by atoms with Crippen molar-refractivity contribution in [3.8, 4) is 23.7 Å². The summed E-state index contributed by atoms with van der Waals surface area (Å²) < 4.78 is 36.8. The van der Waals surface area contributed by atoms with Gasteiger partial charge in [0.15, 0.2) is 0 Å². The molecule has 0 heterocycles. The number of carbonyl (C=O) groups is 2. The number of halogens is 3. The van der Waals surface area contributed by atoms with Crippen molar-refractivity contribution in [3.63, 3.8) is 0 Å². The van der Waals surface area contributed by atoms with Gasteiger partial charge in [-0.3, -0.25) is 9.59 Å². The third-order valence-electron chi connectivity index (χ3n) is 8.32. The molecule has 0 spiro atoms. The zero-order valence-corrected chi connectivity index (χ0v) is 40.5. The number of nitrogens with one attached hydrogen (secondary N) is 1. The van der Waals surface area contributed by atoms with Crippen molar-refractivity contribution in [1.29, 1.82) is 0 Å². The van der Waals surface area contributed by atoms with Crippen molar-refractivity contribution in [2.75, 3.05) is 13.1 Å². The van der Waals surface area contributed by atoms with Crippen LogP contribution in [0.4, 0.5) is 13.2 Å². The van der Waals surface area contributed by atoms with Gasteiger partial charge in [0.1, 0.15) is 11.2 Å². The van der Waals surface area contributed by atoms with Gasteiger partial charge in [0.05, 0.1) is 12.2 Å². The van der Waals surface area contributed by atoms with Gasteiger partial charge in [0.25, 0.3) is 6.47 Å². The summed E-state index contributed by atoms with van der Waals surface area (Å²) in [6, 6.07) is 14.2. The third kappa shape index (κ3) is 24.4. The maximum atomic E-state index is 12.3. The van der Waals surface area contributed by atoms with E-state index in [0.717, 1.165) is 36.8 Å². The molecule has 0 saturated heterocycles. The molecule has 0 unspecified atom stereocenters. The minimum absolute atomic E-state index is 0. The molecule has 304 valence electrons. The maximum Gasteiger partial charge on any atom is 1.00 e. The molecule has 7 N–H and O–H groups in total. The van der Waals surface area contributed by atoms with Crippen molar-refractivity contribution in [2.45, 2.75) is 122 Å². The average Bonchev–Trinajstić information content (AvgIpc) is 3.15. The Morgan fingerprint density at radius 1 is 0.821 bits per heavy atom. The van der Waals surface area contributed by atoms with Gasteiger partial charge in [-0.25, -0.2) is 0 Å². The zero-order valence-electron chi connectivity index (χ0n) is 35.2. The van der Waals surface area contributed by atoms with Crippen LogP contribution in [0.1, 0.15) is 129 Å². The summed E-state index contributed by atoms with van der Waals surface area (Å²) in [4.78, 5) is 22.2. The zero-order chi connectivity index (χ0) is 41.4. The predicted octanol–water partition coefficient (Wildman–Crippen LogP) is -0.730. The van der Waals surface area contributed by atoms with E-state index >= 15 is 0 Å². The molecule has 4 atom stereocenters. The number of amides is 1. The molecule has 2 rings (SSSR count). The summed E-state index contributed by atoms with van der Waals surface area (Å²) in [5, 5.41) is 51.9. The molecule has 0 radical (unpaired) electrons. The Balaban J connectivity index is -0.000000437. The first-order valence-electron chi connectivity index (χ1n) is 18.2. The van der Waals surface area contributed by atoms with Crippen molar-refractivity contribution in [1.82, 2.24) is 5.32 Å². The second kappa shape index (κ2) is 32.1. The van der Waals surface area contributed by atoms with Gasteiger partial charge >= 0.3 is 115 Å². The van der Waals surface area contributed by atoms with Crippen molar-refractivity contribution >= 4 is 12.4 Å². The Morgan fingerprint density at radius 2 is 1.18 bits per heavy atom. The summed E-state index contributed by atoms with van der Waals surface area (Å²) in [6.45, 7) is 11.4. The Bertz CT molecular complexity index is 1520. The molecule has 56 heavy (non-hydrogen) atoms. The van der Waals surface area contributed by atoms with Gasteiger partial charge in [-0.2, -0.15) is 13.2 Å². The Hall–Kier alpha value is -0.677. The molecule has 0 saturated carbocycles. The van der Waals surface area contributed by atoms with Crippen molar-refractivity contribution in [2.24, 2.45) is 17.6 Å². The summed E-state index contributed by atoms with van der Waals surface area (Å²) in [6.07, 6.45) is -0.726. The van der Waals surface area contributed by atoms with Gasteiger partial charge in [-0.05, 0) is 73.5 Å². The summed E-state index contributed by atoms with van der Waals surface area (Å²) in [5.41, 5.74) is 6.34. The van der Waals surface area contributed by atoms with E-state index in [2.05, 4.69) is 28.6 Å². The third-order valence-corrected chi connectivity index (χ3v) is 8.32. The number of hydrogen-bond acceptors (Lipinski definition) is 9. The van der Waals surface area contributed by atoms with Crippen LogP contribution in [0, 0.1) is 35.5 Å². The molecule has 0 bridgehead atoms. The number of aliphatic hydroxyl groups excluding tert-OH is 2. The van der Waals surface area contributed by atoms with Crippen molar-refractivity contribution < 1.29 is 158 Å². The second-order valence-electron chi connectivity index (χ2n) is 13.3. The van der Waals surface area contributed by atoms with E-state index in [1.54, 1.807) is 36.5 Å². The van der Waals surface area contributed by atoms with Gasteiger partial charge in [0, 0.05) is 23.6 Å². The summed E-state index contributed by atoms with van der Waals surface area (Å²) >= 11 is 0. The van der Waals surface area contributed by atoms with E-state index in [9.17, 15) is 38.4 Å². The minimum atomic E-state index is -4.95. The minimum Gasteiger partial charge on any atom is -1.00 e. The molecular formula is C41H59F3K2N2O8. The smallest absolute Gasteiger partial charge is 1.00 e. The average molecular weight is 843 g/mol.